The number of amides is 1. The first-order valence-corrected chi connectivity index (χ1v) is 7.21. The molecule has 0 radical (unpaired) electrons. The minimum Gasteiger partial charge on any atom is -0.350 e. The van der Waals surface area contributed by atoms with Crippen molar-refractivity contribution in [2.75, 3.05) is 18.4 Å². The summed E-state index contributed by atoms with van der Waals surface area (Å²) in [6, 6.07) is 11.4. The van der Waals surface area contributed by atoms with E-state index in [0.717, 1.165) is 24.9 Å². The number of piperidine rings is 1. The lowest BCUT2D eigenvalue weighted by Gasteiger charge is -2.33. The van der Waals surface area contributed by atoms with Crippen molar-refractivity contribution in [3.63, 3.8) is 0 Å². The molecule has 1 aliphatic rings. The number of carbonyl (C=O) groups excluding carboxylic acids is 1. The molecule has 5 heteroatoms. The Bertz CT molecular complexity index is 588. The van der Waals surface area contributed by atoms with Gasteiger partial charge < -0.3 is 10.2 Å². The lowest BCUT2D eigenvalue weighted by atomic mass is 10.0. The minimum absolute atomic E-state index is 0.0936. The van der Waals surface area contributed by atoms with E-state index in [2.05, 4.69) is 15.3 Å². The topological polar surface area (TPSA) is 58.1 Å². The number of nitrogens with zero attached hydrogens (tertiary/aromatic N) is 3. The number of hydrogen-bond donors (Lipinski definition) is 1. The summed E-state index contributed by atoms with van der Waals surface area (Å²) in [5, 5.41) is 3.30. The molecule has 2 heterocycles. The first-order chi connectivity index (χ1) is 10.3. The van der Waals surface area contributed by atoms with Crippen molar-refractivity contribution in [2.45, 2.75) is 18.9 Å². The molecule has 1 saturated heterocycles. The van der Waals surface area contributed by atoms with Crippen molar-refractivity contribution in [2.24, 2.45) is 0 Å². The van der Waals surface area contributed by atoms with Gasteiger partial charge in [-0.1, -0.05) is 18.2 Å². The minimum atomic E-state index is 0.0936. The average molecular weight is 282 g/mol. The van der Waals surface area contributed by atoms with Gasteiger partial charge in [0.15, 0.2) is 0 Å². The molecule has 3 rings (SSSR count). The lowest BCUT2D eigenvalue weighted by molar-refractivity contribution is 0.0714. The second-order valence-electron chi connectivity index (χ2n) is 5.17. The predicted octanol–water partition coefficient (Wildman–Crippen LogP) is 2.19. The number of aromatic nitrogens is 2. The third-order valence-corrected chi connectivity index (χ3v) is 3.63. The maximum absolute atomic E-state index is 12.5. The van der Waals surface area contributed by atoms with Gasteiger partial charge in [-0.25, -0.2) is 9.97 Å². The van der Waals surface area contributed by atoms with Crippen molar-refractivity contribution in [1.29, 1.82) is 0 Å². The molecule has 1 fully saturated rings. The molecule has 1 amide bonds. The van der Waals surface area contributed by atoms with E-state index in [9.17, 15) is 4.79 Å². The van der Waals surface area contributed by atoms with Crippen LogP contribution in [0.1, 0.15) is 23.2 Å². The second-order valence-corrected chi connectivity index (χ2v) is 5.17. The Morgan fingerprint density at radius 3 is 2.67 bits per heavy atom. The maximum atomic E-state index is 12.5. The van der Waals surface area contributed by atoms with Crippen molar-refractivity contribution >= 4 is 11.9 Å². The molecule has 1 aromatic carbocycles. The molecule has 0 saturated carbocycles. The molecule has 1 aromatic heterocycles. The van der Waals surface area contributed by atoms with E-state index in [-0.39, 0.29) is 11.9 Å². The van der Waals surface area contributed by atoms with Crippen LogP contribution in [-0.2, 0) is 0 Å². The number of hydrogen-bond acceptors (Lipinski definition) is 4. The second kappa shape index (κ2) is 6.35. The highest BCUT2D eigenvalue weighted by atomic mass is 16.2. The molecule has 108 valence electrons. The van der Waals surface area contributed by atoms with E-state index < -0.39 is 0 Å². The maximum Gasteiger partial charge on any atom is 0.253 e. The van der Waals surface area contributed by atoms with Crippen LogP contribution in [-0.4, -0.2) is 39.9 Å². The SMILES string of the molecule is O=C(c1ccccc1)N1CCCC(Nc2ncccn2)C1. The van der Waals surface area contributed by atoms with Crippen LogP contribution in [0.3, 0.4) is 0 Å². The highest BCUT2D eigenvalue weighted by Gasteiger charge is 2.24. The monoisotopic (exact) mass is 282 g/mol. The van der Waals surface area contributed by atoms with Crippen molar-refractivity contribution in [1.82, 2.24) is 14.9 Å². The molecule has 1 N–H and O–H groups in total. The van der Waals surface area contributed by atoms with Crippen LogP contribution in [0.5, 0.6) is 0 Å². The Hall–Kier alpha value is -2.43. The first kappa shape index (κ1) is 13.5. The molecule has 0 bridgehead atoms. The lowest BCUT2D eigenvalue weighted by Crippen LogP contribution is -2.45. The van der Waals surface area contributed by atoms with Gasteiger partial charge >= 0.3 is 0 Å². The molecular formula is C16H18N4O. The fourth-order valence-corrected chi connectivity index (χ4v) is 2.60. The summed E-state index contributed by atoms with van der Waals surface area (Å²) in [6.45, 7) is 1.49. The highest BCUT2D eigenvalue weighted by molar-refractivity contribution is 5.94. The number of carbonyl (C=O) groups is 1. The fourth-order valence-electron chi connectivity index (χ4n) is 2.60. The third-order valence-electron chi connectivity index (χ3n) is 3.63. The quantitative estimate of drug-likeness (QED) is 0.937. The molecule has 2 aromatic rings. The first-order valence-electron chi connectivity index (χ1n) is 7.21. The largest absolute Gasteiger partial charge is 0.350 e. The van der Waals surface area contributed by atoms with E-state index >= 15 is 0 Å². The van der Waals surface area contributed by atoms with Gasteiger partial charge in [-0.2, -0.15) is 0 Å². The Morgan fingerprint density at radius 1 is 1.14 bits per heavy atom. The highest BCUT2D eigenvalue weighted by Crippen LogP contribution is 2.16. The van der Waals surface area contributed by atoms with Gasteiger partial charge in [-0.3, -0.25) is 4.79 Å². The summed E-state index contributed by atoms with van der Waals surface area (Å²) in [6.07, 6.45) is 5.44. The molecule has 5 nitrogen and oxygen atoms in total. The number of rotatable bonds is 3. The van der Waals surface area contributed by atoms with Crippen LogP contribution < -0.4 is 5.32 Å². The number of likely N-dealkylation sites (tertiary alicyclic amines) is 1. The summed E-state index contributed by atoms with van der Waals surface area (Å²) in [4.78, 5) is 22.7. The Morgan fingerprint density at radius 2 is 1.90 bits per heavy atom. The van der Waals surface area contributed by atoms with E-state index in [1.165, 1.54) is 0 Å². The molecule has 21 heavy (non-hydrogen) atoms. The van der Waals surface area contributed by atoms with Gasteiger partial charge in [-0.05, 0) is 31.0 Å². The zero-order chi connectivity index (χ0) is 14.5. The van der Waals surface area contributed by atoms with Gasteiger partial charge in [0.05, 0.1) is 0 Å². The van der Waals surface area contributed by atoms with Crippen LogP contribution >= 0.6 is 0 Å². The van der Waals surface area contributed by atoms with Gasteiger partial charge in [-0.15, -0.1) is 0 Å². The number of nitrogens with one attached hydrogen (secondary N) is 1. The predicted molar refractivity (Wildman–Crippen MR) is 81.0 cm³/mol. The van der Waals surface area contributed by atoms with Crippen molar-refractivity contribution < 1.29 is 4.79 Å². The summed E-state index contributed by atoms with van der Waals surface area (Å²) in [5.41, 5.74) is 0.745. The van der Waals surface area contributed by atoms with Crippen molar-refractivity contribution in [3.8, 4) is 0 Å². The Labute approximate surface area is 124 Å². The molecular weight excluding hydrogens is 264 g/mol. The number of benzene rings is 1. The molecule has 1 unspecified atom stereocenters. The normalized spacial score (nSPS) is 18.3. The van der Waals surface area contributed by atoms with Gasteiger partial charge in [0.25, 0.3) is 5.91 Å². The zero-order valence-electron chi connectivity index (χ0n) is 11.8. The molecule has 0 spiro atoms. The number of anilines is 1. The summed E-state index contributed by atoms with van der Waals surface area (Å²) in [7, 11) is 0. The summed E-state index contributed by atoms with van der Waals surface area (Å²) >= 11 is 0. The molecule has 1 aliphatic heterocycles. The van der Waals surface area contributed by atoms with Crippen molar-refractivity contribution in [3.05, 3.63) is 54.4 Å². The van der Waals surface area contributed by atoms with Gasteiger partial charge in [0.2, 0.25) is 5.95 Å². The van der Waals surface area contributed by atoms with Crippen LogP contribution in [0, 0.1) is 0 Å². The van der Waals surface area contributed by atoms with Gasteiger partial charge in [0.1, 0.15) is 0 Å². The molecule has 0 aliphatic carbocycles. The third kappa shape index (κ3) is 3.37. The van der Waals surface area contributed by atoms with Crippen LogP contribution in [0.15, 0.2) is 48.8 Å². The van der Waals surface area contributed by atoms with E-state index in [1.807, 2.05) is 35.2 Å². The summed E-state index contributed by atoms with van der Waals surface area (Å²) in [5.74, 6) is 0.715. The van der Waals surface area contributed by atoms with Crippen LogP contribution in [0.4, 0.5) is 5.95 Å². The smallest absolute Gasteiger partial charge is 0.253 e. The fraction of sp³-hybridized carbons (Fsp3) is 0.312. The van der Waals surface area contributed by atoms with E-state index in [4.69, 9.17) is 0 Å². The Kier molecular flexibility index (Phi) is 4.09. The van der Waals surface area contributed by atoms with Gasteiger partial charge in [0, 0.05) is 37.1 Å². The Balaban J connectivity index is 1.64. The van der Waals surface area contributed by atoms with Crippen LogP contribution in [0.2, 0.25) is 0 Å². The van der Waals surface area contributed by atoms with E-state index in [0.29, 0.717) is 12.5 Å². The van der Waals surface area contributed by atoms with E-state index in [1.54, 1.807) is 18.5 Å². The van der Waals surface area contributed by atoms with Crippen LogP contribution in [0.25, 0.3) is 0 Å². The molecule has 1 atom stereocenters. The standard InChI is InChI=1S/C16H18N4O/c21-15(13-6-2-1-3-7-13)20-11-4-8-14(12-20)19-16-17-9-5-10-18-16/h1-3,5-7,9-10,14H,4,8,11-12H2,(H,17,18,19). The average Bonchev–Trinajstić information content (AvgIpc) is 2.56. The zero-order valence-corrected chi connectivity index (χ0v) is 11.8. The summed E-state index contributed by atoms with van der Waals surface area (Å²) < 4.78 is 0.